The number of hydrogen-bond donors (Lipinski definition) is 3. The van der Waals surface area contributed by atoms with Crippen LogP contribution in [-0.4, -0.2) is 27.3 Å². The lowest BCUT2D eigenvalue weighted by Gasteiger charge is -2.10. The van der Waals surface area contributed by atoms with Crippen LogP contribution in [0.5, 0.6) is 5.75 Å². The van der Waals surface area contributed by atoms with E-state index < -0.39 is 21.8 Å². The van der Waals surface area contributed by atoms with Crippen LogP contribution in [0.25, 0.3) is 11.0 Å². The van der Waals surface area contributed by atoms with Gasteiger partial charge in [0, 0.05) is 16.6 Å². The molecule has 1 aromatic heterocycles. The summed E-state index contributed by atoms with van der Waals surface area (Å²) in [6, 6.07) is 18.6. The third-order valence-corrected chi connectivity index (χ3v) is 6.20. The Morgan fingerprint density at radius 3 is 2.39 bits per heavy atom. The average Bonchev–Trinajstić information content (AvgIpc) is 3.18. The maximum absolute atomic E-state index is 12.9. The van der Waals surface area contributed by atoms with Crippen molar-refractivity contribution in [1.29, 1.82) is 0 Å². The predicted molar refractivity (Wildman–Crippen MR) is 123 cm³/mol. The van der Waals surface area contributed by atoms with Crippen LogP contribution in [0.15, 0.2) is 82.1 Å². The van der Waals surface area contributed by atoms with Crippen LogP contribution < -0.4 is 20.5 Å². The molecule has 33 heavy (non-hydrogen) atoms. The van der Waals surface area contributed by atoms with Crippen molar-refractivity contribution in [3.63, 3.8) is 0 Å². The standard InChI is InChI=1S/C23H19N3O6S/c1-31-16-9-11-17(12-10-16)33(29,30)26-15-6-4-5-14(13-15)23(28)25-20-18-7-2-3-8-19(18)32-21(20)22(24)27/h2-13,26H,1H3,(H2,24,27)(H,25,28). The number of hydrogen-bond acceptors (Lipinski definition) is 6. The number of nitrogens with one attached hydrogen (secondary N) is 2. The number of carbonyl (C=O) groups excluding carboxylic acids is 2. The fourth-order valence-electron chi connectivity index (χ4n) is 3.22. The minimum absolute atomic E-state index is 0.0362. The van der Waals surface area contributed by atoms with E-state index in [1.165, 1.54) is 55.6 Å². The summed E-state index contributed by atoms with van der Waals surface area (Å²) in [6.07, 6.45) is 0. The molecule has 1 heterocycles. The normalized spacial score (nSPS) is 11.2. The highest BCUT2D eigenvalue weighted by Gasteiger charge is 2.21. The Kier molecular flexibility index (Phi) is 5.76. The number of primary amides is 1. The van der Waals surface area contributed by atoms with Gasteiger partial charge in [-0.15, -0.1) is 0 Å². The van der Waals surface area contributed by atoms with E-state index >= 15 is 0 Å². The molecule has 2 amide bonds. The number of para-hydroxylation sites is 1. The number of methoxy groups -OCH3 is 1. The number of benzene rings is 3. The zero-order valence-corrected chi connectivity index (χ0v) is 18.2. The first-order valence-electron chi connectivity index (χ1n) is 9.68. The Labute approximate surface area is 189 Å². The number of amides is 2. The van der Waals surface area contributed by atoms with Gasteiger partial charge in [-0.25, -0.2) is 8.42 Å². The topological polar surface area (TPSA) is 141 Å². The highest BCUT2D eigenvalue weighted by atomic mass is 32.2. The van der Waals surface area contributed by atoms with E-state index in [1.807, 2.05) is 0 Å². The number of sulfonamides is 1. The number of anilines is 2. The van der Waals surface area contributed by atoms with Crippen molar-refractivity contribution in [2.75, 3.05) is 17.1 Å². The van der Waals surface area contributed by atoms with Gasteiger partial charge in [-0.2, -0.15) is 0 Å². The number of fused-ring (bicyclic) bond motifs is 1. The van der Waals surface area contributed by atoms with Crippen LogP contribution in [-0.2, 0) is 10.0 Å². The lowest BCUT2D eigenvalue weighted by Crippen LogP contribution is -2.17. The molecule has 168 valence electrons. The van der Waals surface area contributed by atoms with Gasteiger partial charge in [-0.3, -0.25) is 14.3 Å². The van der Waals surface area contributed by atoms with Crippen molar-refractivity contribution >= 4 is 44.2 Å². The third-order valence-electron chi connectivity index (χ3n) is 4.80. The molecule has 0 aliphatic rings. The maximum Gasteiger partial charge on any atom is 0.286 e. The maximum atomic E-state index is 12.9. The van der Waals surface area contributed by atoms with E-state index in [0.717, 1.165) is 0 Å². The van der Waals surface area contributed by atoms with Crippen LogP contribution in [0.1, 0.15) is 20.9 Å². The fraction of sp³-hybridized carbons (Fsp3) is 0.0435. The van der Waals surface area contributed by atoms with Gasteiger partial charge in [0.05, 0.1) is 12.0 Å². The zero-order chi connectivity index (χ0) is 23.6. The van der Waals surface area contributed by atoms with Gasteiger partial charge in [0.1, 0.15) is 17.0 Å². The average molecular weight is 465 g/mol. The van der Waals surface area contributed by atoms with E-state index in [0.29, 0.717) is 16.7 Å². The molecule has 4 aromatic rings. The number of rotatable bonds is 7. The number of carbonyl (C=O) groups is 2. The Morgan fingerprint density at radius 1 is 0.970 bits per heavy atom. The quantitative estimate of drug-likeness (QED) is 0.381. The molecule has 4 rings (SSSR count). The first-order chi connectivity index (χ1) is 15.8. The summed E-state index contributed by atoms with van der Waals surface area (Å²) in [7, 11) is -2.41. The summed E-state index contributed by atoms with van der Waals surface area (Å²) in [4.78, 5) is 24.7. The van der Waals surface area contributed by atoms with E-state index in [9.17, 15) is 18.0 Å². The van der Waals surface area contributed by atoms with Gasteiger partial charge < -0.3 is 20.2 Å². The van der Waals surface area contributed by atoms with Crippen molar-refractivity contribution < 1.29 is 27.2 Å². The first-order valence-corrected chi connectivity index (χ1v) is 11.2. The molecule has 0 saturated heterocycles. The number of nitrogens with two attached hydrogens (primary N) is 1. The highest BCUT2D eigenvalue weighted by molar-refractivity contribution is 7.92. The molecule has 3 aromatic carbocycles. The van der Waals surface area contributed by atoms with Gasteiger partial charge >= 0.3 is 0 Å². The molecule has 0 spiro atoms. The second kappa shape index (κ2) is 8.67. The van der Waals surface area contributed by atoms with Gasteiger partial charge in [0.15, 0.2) is 0 Å². The summed E-state index contributed by atoms with van der Waals surface area (Å²) in [5, 5.41) is 3.15. The van der Waals surface area contributed by atoms with Gasteiger partial charge in [0.2, 0.25) is 5.76 Å². The Hall–Kier alpha value is -4.31. The largest absolute Gasteiger partial charge is 0.497 e. The molecular formula is C23H19N3O6S. The molecule has 0 saturated carbocycles. The summed E-state index contributed by atoms with van der Waals surface area (Å²) in [5.41, 5.74) is 6.27. The van der Waals surface area contributed by atoms with Crippen LogP contribution in [0.2, 0.25) is 0 Å². The second-order valence-electron chi connectivity index (χ2n) is 6.98. The van der Waals surface area contributed by atoms with E-state index in [-0.39, 0.29) is 27.6 Å². The number of ether oxygens (including phenoxy) is 1. The molecule has 0 fully saturated rings. The van der Waals surface area contributed by atoms with Crippen LogP contribution >= 0.6 is 0 Å². The van der Waals surface area contributed by atoms with Crippen molar-refractivity contribution in [1.82, 2.24) is 0 Å². The third kappa shape index (κ3) is 4.51. The molecule has 0 aliphatic carbocycles. The molecule has 10 heteroatoms. The minimum atomic E-state index is -3.89. The first kappa shape index (κ1) is 21.9. The van der Waals surface area contributed by atoms with E-state index in [1.54, 1.807) is 24.3 Å². The van der Waals surface area contributed by atoms with Gasteiger partial charge in [0.25, 0.3) is 21.8 Å². The summed E-state index contributed by atoms with van der Waals surface area (Å²) in [6.45, 7) is 0. The smallest absolute Gasteiger partial charge is 0.286 e. The van der Waals surface area contributed by atoms with Gasteiger partial charge in [-0.1, -0.05) is 18.2 Å². The zero-order valence-electron chi connectivity index (χ0n) is 17.4. The lowest BCUT2D eigenvalue weighted by atomic mass is 10.1. The lowest BCUT2D eigenvalue weighted by molar-refractivity contribution is 0.0977. The molecule has 0 atom stereocenters. The highest BCUT2D eigenvalue weighted by Crippen LogP contribution is 2.31. The molecular weight excluding hydrogens is 446 g/mol. The van der Waals surface area contributed by atoms with Crippen LogP contribution in [0, 0.1) is 0 Å². The van der Waals surface area contributed by atoms with Crippen molar-refractivity contribution in [3.05, 3.63) is 84.1 Å². The Balaban J connectivity index is 1.59. The summed E-state index contributed by atoms with van der Waals surface area (Å²) < 4.78 is 38.3. The minimum Gasteiger partial charge on any atom is -0.497 e. The predicted octanol–water partition coefficient (Wildman–Crippen LogP) is 3.59. The molecule has 9 nitrogen and oxygen atoms in total. The van der Waals surface area contributed by atoms with Crippen LogP contribution in [0.3, 0.4) is 0 Å². The molecule has 0 radical (unpaired) electrons. The van der Waals surface area contributed by atoms with Gasteiger partial charge in [-0.05, 0) is 54.6 Å². The second-order valence-corrected chi connectivity index (χ2v) is 8.66. The van der Waals surface area contributed by atoms with Crippen LogP contribution in [0.4, 0.5) is 11.4 Å². The Morgan fingerprint density at radius 2 is 1.70 bits per heavy atom. The summed E-state index contributed by atoms with van der Waals surface area (Å²) >= 11 is 0. The molecule has 4 N–H and O–H groups in total. The monoisotopic (exact) mass is 465 g/mol. The Bertz CT molecular complexity index is 1460. The molecule has 0 bridgehead atoms. The fourth-order valence-corrected chi connectivity index (χ4v) is 4.27. The van der Waals surface area contributed by atoms with Crippen molar-refractivity contribution in [3.8, 4) is 5.75 Å². The van der Waals surface area contributed by atoms with Crippen molar-refractivity contribution in [2.24, 2.45) is 5.73 Å². The van der Waals surface area contributed by atoms with E-state index in [4.69, 9.17) is 14.9 Å². The van der Waals surface area contributed by atoms with E-state index in [2.05, 4.69) is 10.0 Å². The molecule has 0 aliphatic heterocycles. The SMILES string of the molecule is COc1ccc(S(=O)(=O)Nc2cccc(C(=O)Nc3c(C(N)=O)oc4ccccc34)c2)cc1. The summed E-state index contributed by atoms with van der Waals surface area (Å²) in [5.74, 6) is -1.06. The number of furan rings is 1. The molecule has 0 unspecified atom stereocenters. The van der Waals surface area contributed by atoms with Crippen molar-refractivity contribution in [2.45, 2.75) is 4.90 Å².